The summed E-state index contributed by atoms with van der Waals surface area (Å²) < 4.78 is 10.2. The van der Waals surface area contributed by atoms with Gasteiger partial charge in [-0.3, -0.25) is 0 Å². The zero-order valence-corrected chi connectivity index (χ0v) is 12.4. The molecule has 0 aliphatic rings. The third-order valence-corrected chi connectivity index (χ3v) is 2.31. The standard InChI is InChI=1S/C12H18ClN3O3/c1-7(10(17)19-12(2,3)4)15-11-14-6-8(18-5)9(13)16-11/h6-7H,1-5H3,(H,14,15,16). The van der Waals surface area contributed by atoms with Crippen LogP contribution in [0, 0.1) is 0 Å². The molecular formula is C12H18ClN3O3. The summed E-state index contributed by atoms with van der Waals surface area (Å²) in [6.45, 7) is 7.07. The largest absolute Gasteiger partial charge is 0.492 e. The van der Waals surface area contributed by atoms with Gasteiger partial charge in [0.1, 0.15) is 11.6 Å². The van der Waals surface area contributed by atoms with E-state index in [0.717, 1.165) is 0 Å². The molecule has 7 heteroatoms. The van der Waals surface area contributed by atoms with Crippen LogP contribution in [-0.4, -0.2) is 34.7 Å². The van der Waals surface area contributed by atoms with E-state index in [1.807, 2.05) is 0 Å². The van der Waals surface area contributed by atoms with Gasteiger partial charge >= 0.3 is 5.97 Å². The second-order valence-corrected chi connectivity index (χ2v) is 5.31. The van der Waals surface area contributed by atoms with Gasteiger partial charge in [-0.05, 0) is 27.7 Å². The Kier molecular flexibility index (Phi) is 4.94. The molecule has 0 aliphatic heterocycles. The molecule has 6 nitrogen and oxygen atoms in total. The number of hydrogen-bond donors (Lipinski definition) is 1. The Bertz CT molecular complexity index is 460. The Morgan fingerprint density at radius 1 is 1.47 bits per heavy atom. The van der Waals surface area contributed by atoms with Crippen LogP contribution in [0.2, 0.25) is 5.15 Å². The van der Waals surface area contributed by atoms with E-state index in [1.54, 1.807) is 27.7 Å². The topological polar surface area (TPSA) is 73.3 Å². The Balaban J connectivity index is 2.69. The number of rotatable bonds is 4. The normalized spacial score (nSPS) is 12.7. The van der Waals surface area contributed by atoms with E-state index in [2.05, 4.69) is 15.3 Å². The molecule has 0 amide bonds. The summed E-state index contributed by atoms with van der Waals surface area (Å²) in [4.78, 5) is 19.7. The molecule has 1 aromatic heterocycles. The van der Waals surface area contributed by atoms with Crippen molar-refractivity contribution in [1.82, 2.24) is 9.97 Å². The fourth-order valence-electron chi connectivity index (χ4n) is 1.20. The maximum absolute atomic E-state index is 11.8. The van der Waals surface area contributed by atoms with Crippen LogP contribution in [-0.2, 0) is 9.53 Å². The molecule has 106 valence electrons. The van der Waals surface area contributed by atoms with Gasteiger partial charge in [-0.1, -0.05) is 11.6 Å². The van der Waals surface area contributed by atoms with Crippen LogP contribution in [0.1, 0.15) is 27.7 Å². The van der Waals surface area contributed by atoms with Gasteiger partial charge in [0.25, 0.3) is 0 Å². The number of carbonyl (C=O) groups is 1. The molecule has 0 spiro atoms. The molecule has 1 N–H and O–H groups in total. The van der Waals surface area contributed by atoms with Crippen molar-refractivity contribution in [3.05, 3.63) is 11.3 Å². The lowest BCUT2D eigenvalue weighted by atomic mass is 10.2. The van der Waals surface area contributed by atoms with Crippen LogP contribution >= 0.6 is 11.6 Å². The third-order valence-electron chi connectivity index (χ3n) is 2.04. The van der Waals surface area contributed by atoms with Crippen LogP contribution < -0.4 is 10.1 Å². The van der Waals surface area contributed by atoms with E-state index in [-0.39, 0.29) is 17.1 Å². The summed E-state index contributed by atoms with van der Waals surface area (Å²) in [7, 11) is 1.47. The van der Waals surface area contributed by atoms with Gasteiger partial charge < -0.3 is 14.8 Å². The zero-order valence-electron chi connectivity index (χ0n) is 11.7. The van der Waals surface area contributed by atoms with Crippen molar-refractivity contribution in [2.24, 2.45) is 0 Å². The smallest absolute Gasteiger partial charge is 0.328 e. The molecule has 0 radical (unpaired) electrons. The lowest BCUT2D eigenvalue weighted by Crippen LogP contribution is -2.35. The third kappa shape index (κ3) is 4.90. The summed E-state index contributed by atoms with van der Waals surface area (Å²) in [5, 5.41) is 3.00. The lowest BCUT2D eigenvalue weighted by Gasteiger charge is -2.22. The quantitative estimate of drug-likeness (QED) is 0.676. The molecule has 1 atom stereocenters. The SMILES string of the molecule is COc1cnc(NC(C)C(=O)OC(C)(C)C)nc1Cl. The fourth-order valence-corrected chi connectivity index (χ4v) is 1.41. The van der Waals surface area contributed by atoms with Gasteiger partial charge in [0.2, 0.25) is 5.95 Å². The molecule has 0 fully saturated rings. The van der Waals surface area contributed by atoms with Gasteiger partial charge in [-0.15, -0.1) is 0 Å². The second-order valence-electron chi connectivity index (χ2n) is 4.95. The molecule has 1 rings (SSSR count). The molecule has 19 heavy (non-hydrogen) atoms. The van der Waals surface area contributed by atoms with Crippen LogP contribution in [0.4, 0.5) is 5.95 Å². The number of anilines is 1. The van der Waals surface area contributed by atoms with E-state index < -0.39 is 11.6 Å². The molecule has 0 saturated heterocycles. The highest BCUT2D eigenvalue weighted by molar-refractivity contribution is 6.30. The van der Waals surface area contributed by atoms with Crippen LogP contribution in [0.15, 0.2) is 6.20 Å². The van der Waals surface area contributed by atoms with Gasteiger partial charge in [0.15, 0.2) is 10.9 Å². The van der Waals surface area contributed by atoms with Crippen LogP contribution in [0.25, 0.3) is 0 Å². The average molecular weight is 288 g/mol. The molecule has 0 bridgehead atoms. The van der Waals surface area contributed by atoms with Crippen molar-refractivity contribution in [2.45, 2.75) is 39.3 Å². The van der Waals surface area contributed by atoms with Gasteiger partial charge in [-0.2, -0.15) is 4.98 Å². The van der Waals surface area contributed by atoms with Crippen molar-refractivity contribution < 1.29 is 14.3 Å². The van der Waals surface area contributed by atoms with Crippen molar-refractivity contribution >= 4 is 23.5 Å². The summed E-state index contributed by atoms with van der Waals surface area (Å²) >= 11 is 5.87. The van der Waals surface area contributed by atoms with Gasteiger partial charge in [0.05, 0.1) is 13.3 Å². The number of carbonyl (C=O) groups excluding carboxylic acids is 1. The predicted molar refractivity (Wildman–Crippen MR) is 72.5 cm³/mol. The molecule has 0 aromatic carbocycles. The lowest BCUT2D eigenvalue weighted by molar-refractivity contribution is -0.155. The monoisotopic (exact) mass is 287 g/mol. The first-order valence-corrected chi connectivity index (χ1v) is 6.16. The Morgan fingerprint density at radius 2 is 2.11 bits per heavy atom. The second kappa shape index (κ2) is 6.06. The maximum atomic E-state index is 11.8. The summed E-state index contributed by atoms with van der Waals surface area (Å²) in [5.41, 5.74) is -0.536. The van der Waals surface area contributed by atoms with Gasteiger partial charge in [0, 0.05) is 0 Å². The number of nitrogens with zero attached hydrogens (tertiary/aromatic N) is 2. The number of hydrogen-bond acceptors (Lipinski definition) is 6. The highest BCUT2D eigenvalue weighted by atomic mass is 35.5. The molecule has 0 saturated carbocycles. The number of nitrogens with one attached hydrogen (secondary N) is 1. The summed E-state index contributed by atoms with van der Waals surface area (Å²) in [6.07, 6.45) is 1.43. The van der Waals surface area contributed by atoms with E-state index in [0.29, 0.717) is 5.75 Å². The fraction of sp³-hybridized carbons (Fsp3) is 0.583. The van der Waals surface area contributed by atoms with Crippen molar-refractivity contribution in [3.8, 4) is 5.75 Å². The first-order chi connectivity index (χ1) is 8.73. The Labute approximate surface area is 117 Å². The minimum atomic E-state index is -0.580. The number of ether oxygens (including phenoxy) is 2. The van der Waals surface area contributed by atoms with E-state index in [9.17, 15) is 4.79 Å². The summed E-state index contributed by atoms with van der Waals surface area (Å²) in [6, 6.07) is -0.580. The van der Waals surface area contributed by atoms with Crippen molar-refractivity contribution in [2.75, 3.05) is 12.4 Å². The number of halogens is 1. The number of esters is 1. The average Bonchev–Trinajstić information content (AvgIpc) is 2.27. The number of aromatic nitrogens is 2. The molecule has 1 unspecified atom stereocenters. The van der Waals surface area contributed by atoms with E-state index in [4.69, 9.17) is 21.1 Å². The van der Waals surface area contributed by atoms with E-state index in [1.165, 1.54) is 13.3 Å². The Hall–Kier alpha value is -1.56. The highest BCUT2D eigenvalue weighted by Crippen LogP contribution is 2.21. The molecule has 0 aliphatic carbocycles. The molecule has 1 heterocycles. The van der Waals surface area contributed by atoms with Crippen LogP contribution in [0.5, 0.6) is 5.75 Å². The number of methoxy groups -OCH3 is 1. The molecular weight excluding hydrogens is 270 g/mol. The van der Waals surface area contributed by atoms with Gasteiger partial charge in [-0.25, -0.2) is 9.78 Å². The predicted octanol–water partition coefficient (Wildman–Crippen LogP) is 2.28. The van der Waals surface area contributed by atoms with E-state index >= 15 is 0 Å². The summed E-state index contributed by atoms with van der Waals surface area (Å²) in [5.74, 6) is 0.226. The highest BCUT2D eigenvalue weighted by Gasteiger charge is 2.22. The van der Waals surface area contributed by atoms with Crippen LogP contribution in [0.3, 0.4) is 0 Å². The maximum Gasteiger partial charge on any atom is 0.328 e. The minimum absolute atomic E-state index is 0.177. The Morgan fingerprint density at radius 3 is 2.58 bits per heavy atom. The minimum Gasteiger partial charge on any atom is -0.492 e. The van der Waals surface area contributed by atoms with Crippen molar-refractivity contribution in [3.63, 3.8) is 0 Å². The van der Waals surface area contributed by atoms with Crippen molar-refractivity contribution in [1.29, 1.82) is 0 Å². The first kappa shape index (κ1) is 15.5. The first-order valence-electron chi connectivity index (χ1n) is 5.79. The molecule has 1 aromatic rings. The zero-order chi connectivity index (χ0) is 14.6.